The number of nitrogens with zero attached hydrogens (tertiary/aromatic N) is 3. The SMILES string of the molecule is FC(F)(F)C1=N[C@H](c2cccnc2)N(CC2CCO2)O1. The van der Waals surface area contributed by atoms with Crippen molar-refractivity contribution < 1.29 is 22.7 Å². The molecule has 8 heteroatoms. The minimum Gasteiger partial charge on any atom is -0.378 e. The molecule has 2 atom stereocenters. The molecule has 0 N–H and O–H groups in total. The van der Waals surface area contributed by atoms with Crippen molar-refractivity contribution in [3.05, 3.63) is 30.1 Å². The van der Waals surface area contributed by atoms with Crippen molar-refractivity contribution in [2.75, 3.05) is 13.2 Å². The second kappa shape index (κ2) is 5.02. The van der Waals surface area contributed by atoms with Crippen LogP contribution in [0.25, 0.3) is 0 Å². The molecule has 0 aromatic carbocycles. The summed E-state index contributed by atoms with van der Waals surface area (Å²) in [6.45, 7) is 0.867. The van der Waals surface area contributed by atoms with Crippen LogP contribution in [0.2, 0.25) is 0 Å². The summed E-state index contributed by atoms with van der Waals surface area (Å²) >= 11 is 0. The predicted molar refractivity (Wildman–Crippen MR) is 62.6 cm³/mol. The molecule has 0 saturated carbocycles. The van der Waals surface area contributed by atoms with Crippen molar-refractivity contribution in [3.8, 4) is 0 Å². The Kier molecular flexibility index (Phi) is 3.35. The van der Waals surface area contributed by atoms with Crippen molar-refractivity contribution in [1.82, 2.24) is 10.0 Å². The highest BCUT2D eigenvalue weighted by Gasteiger charge is 2.46. The summed E-state index contributed by atoms with van der Waals surface area (Å²) in [5, 5.41) is 1.20. The number of pyridine rings is 1. The van der Waals surface area contributed by atoms with Gasteiger partial charge in [-0.2, -0.15) is 13.2 Å². The van der Waals surface area contributed by atoms with Crippen molar-refractivity contribution in [2.45, 2.75) is 24.9 Å². The average Bonchev–Trinajstić information content (AvgIpc) is 2.79. The topological polar surface area (TPSA) is 47.0 Å². The van der Waals surface area contributed by atoms with E-state index in [1.807, 2.05) is 0 Å². The molecule has 0 radical (unpaired) electrons. The Morgan fingerprint density at radius 2 is 2.20 bits per heavy atom. The third-order valence-corrected chi connectivity index (χ3v) is 3.12. The Labute approximate surface area is 113 Å². The molecule has 3 heterocycles. The van der Waals surface area contributed by atoms with E-state index in [4.69, 9.17) is 9.57 Å². The highest BCUT2D eigenvalue weighted by molar-refractivity contribution is 5.82. The number of hydrogen-bond donors (Lipinski definition) is 0. The van der Waals surface area contributed by atoms with Crippen LogP contribution >= 0.6 is 0 Å². The third-order valence-electron chi connectivity index (χ3n) is 3.12. The fraction of sp³-hybridized carbons (Fsp3) is 0.500. The highest BCUT2D eigenvalue weighted by Crippen LogP contribution is 2.34. The summed E-state index contributed by atoms with van der Waals surface area (Å²) in [4.78, 5) is 12.4. The van der Waals surface area contributed by atoms with Gasteiger partial charge in [0.25, 0.3) is 0 Å². The fourth-order valence-electron chi connectivity index (χ4n) is 2.02. The molecule has 3 rings (SSSR count). The van der Waals surface area contributed by atoms with Crippen LogP contribution in [-0.4, -0.2) is 41.4 Å². The summed E-state index contributed by atoms with van der Waals surface area (Å²) in [7, 11) is 0. The number of halogens is 3. The molecule has 0 spiro atoms. The largest absolute Gasteiger partial charge is 0.470 e. The van der Waals surface area contributed by atoms with Gasteiger partial charge in [-0.1, -0.05) is 6.07 Å². The minimum atomic E-state index is -4.60. The number of hydrogen-bond acceptors (Lipinski definition) is 5. The Morgan fingerprint density at radius 3 is 2.75 bits per heavy atom. The van der Waals surface area contributed by atoms with Crippen molar-refractivity contribution in [3.63, 3.8) is 0 Å². The standard InChI is InChI=1S/C12H12F3N3O2/c13-12(14,15)11-17-10(8-2-1-4-16-6-8)18(20-11)7-9-3-5-19-9/h1-2,4,6,9-10H,3,5,7H2/t9?,10-/m0/s1. The number of aromatic nitrogens is 1. The van der Waals surface area contributed by atoms with Crippen molar-refractivity contribution in [2.24, 2.45) is 4.99 Å². The number of alkyl halides is 3. The summed E-state index contributed by atoms with van der Waals surface area (Å²) in [5.74, 6) is -1.23. The Balaban J connectivity index is 1.82. The molecule has 1 fully saturated rings. The van der Waals surface area contributed by atoms with Crippen LogP contribution in [0.3, 0.4) is 0 Å². The first-order valence-corrected chi connectivity index (χ1v) is 6.15. The second-order valence-corrected chi connectivity index (χ2v) is 4.56. The van der Waals surface area contributed by atoms with E-state index in [0.717, 1.165) is 6.42 Å². The molecule has 1 saturated heterocycles. The van der Waals surface area contributed by atoms with E-state index < -0.39 is 18.2 Å². The fourth-order valence-corrected chi connectivity index (χ4v) is 2.02. The van der Waals surface area contributed by atoms with Gasteiger partial charge in [0, 0.05) is 24.6 Å². The normalized spacial score (nSPS) is 26.9. The molecule has 0 aliphatic carbocycles. The van der Waals surface area contributed by atoms with Crippen LogP contribution in [0.5, 0.6) is 0 Å². The zero-order valence-electron chi connectivity index (χ0n) is 10.4. The second-order valence-electron chi connectivity index (χ2n) is 4.56. The molecule has 20 heavy (non-hydrogen) atoms. The zero-order chi connectivity index (χ0) is 14.2. The van der Waals surface area contributed by atoms with Crippen LogP contribution in [0.1, 0.15) is 18.2 Å². The molecule has 0 bridgehead atoms. The molecule has 2 aliphatic heterocycles. The van der Waals surface area contributed by atoms with Gasteiger partial charge in [0.15, 0.2) is 6.17 Å². The smallest absolute Gasteiger partial charge is 0.378 e. The quantitative estimate of drug-likeness (QED) is 0.854. The monoisotopic (exact) mass is 287 g/mol. The lowest BCUT2D eigenvalue weighted by Gasteiger charge is -2.31. The minimum absolute atomic E-state index is 0.114. The maximum absolute atomic E-state index is 12.7. The van der Waals surface area contributed by atoms with E-state index in [1.165, 1.54) is 11.3 Å². The molecule has 1 aromatic heterocycles. The molecule has 1 unspecified atom stereocenters. The van der Waals surface area contributed by atoms with Gasteiger partial charge in [-0.15, -0.1) is 5.06 Å². The summed E-state index contributed by atoms with van der Waals surface area (Å²) in [6, 6.07) is 3.31. The number of hydroxylamine groups is 2. The number of ether oxygens (including phenoxy) is 1. The molecule has 108 valence electrons. The first-order chi connectivity index (χ1) is 9.54. The lowest BCUT2D eigenvalue weighted by Crippen LogP contribution is -2.40. The molecular formula is C12H12F3N3O2. The Morgan fingerprint density at radius 1 is 1.40 bits per heavy atom. The van der Waals surface area contributed by atoms with E-state index in [-0.39, 0.29) is 12.6 Å². The number of aliphatic imine (C=N–C) groups is 1. The zero-order valence-corrected chi connectivity index (χ0v) is 10.4. The highest BCUT2D eigenvalue weighted by atomic mass is 19.4. The van der Waals surface area contributed by atoms with Crippen molar-refractivity contribution >= 4 is 5.90 Å². The van der Waals surface area contributed by atoms with E-state index in [2.05, 4.69) is 9.98 Å². The summed E-state index contributed by atoms with van der Waals surface area (Å²) < 4.78 is 43.4. The number of rotatable bonds is 3. The van der Waals surface area contributed by atoms with E-state index in [1.54, 1.807) is 18.3 Å². The van der Waals surface area contributed by atoms with E-state index in [9.17, 15) is 13.2 Å². The molecule has 0 amide bonds. The van der Waals surface area contributed by atoms with Crippen LogP contribution in [0, 0.1) is 0 Å². The van der Waals surface area contributed by atoms with Crippen LogP contribution in [-0.2, 0) is 9.57 Å². The third kappa shape index (κ3) is 2.61. The first kappa shape index (κ1) is 13.3. The van der Waals surface area contributed by atoms with Crippen LogP contribution in [0.4, 0.5) is 13.2 Å². The van der Waals surface area contributed by atoms with Gasteiger partial charge in [-0.25, -0.2) is 4.99 Å². The van der Waals surface area contributed by atoms with Gasteiger partial charge in [0.1, 0.15) is 0 Å². The molecule has 2 aliphatic rings. The lowest BCUT2D eigenvalue weighted by atomic mass is 10.1. The van der Waals surface area contributed by atoms with Crippen molar-refractivity contribution in [1.29, 1.82) is 0 Å². The summed E-state index contributed by atoms with van der Waals surface area (Å²) in [5.41, 5.74) is 0.547. The van der Waals surface area contributed by atoms with Gasteiger partial charge >= 0.3 is 12.1 Å². The predicted octanol–water partition coefficient (Wildman–Crippen LogP) is 2.08. The maximum atomic E-state index is 12.7. The Hall–Kier alpha value is -1.67. The molecular weight excluding hydrogens is 275 g/mol. The van der Waals surface area contributed by atoms with Crippen LogP contribution < -0.4 is 0 Å². The van der Waals surface area contributed by atoms with Gasteiger partial charge in [0.05, 0.1) is 12.6 Å². The maximum Gasteiger partial charge on any atom is 0.470 e. The van der Waals surface area contributed by atoms with E-state index >= 15 is 0 Å². The molecule has 1 aromatic rings. The first-order valence-electron chi connectivity index (χ1n) is 6.15. The van der Waals surface area contributed by atoms with E-state index in [0.29, 0.717) is 12.2 Å². The van der Waals surface area contributed by atoms with Gasteiger partial charge < -0.3 is 9.57 Å². The average molecular weight is 287 g/mol. The van der Waals surface area contributed by atoms with Gasteiger partial charge in [0.2, 0.25) is 0 Å². The van der Waals surface area contributed by atoms with Gasteiger partial charge in [-0.3, -0.25) is 4.98 Å². The van der Waals surface area contributed by atoms with Crippen LogP contribution in [0.15, 0.2) is 29.5 Å². The lowest BCUT2D eigenvalue weighted by molar-refractivity contribution is -0.168. The van der Waals surface area contributed by atoms with Gasteiger partial charge in [-0.05, 0) is 12.5 Å². The molecule has 5 nitrogen and oxygen atoms in total. The Bertz CT molecular complexity index is 502. The summed E-state index contributed by atoms with van der Waals surface area (Å²) in [6.07, 6.45) is -1.73.